The molecule has 6 atom stereocenters. The fourth-order valence-corrected chi connectivity index (χ4v) is 5.78. The van der Waals surface area contributed by atoms with Crippen molar-refractivity contribution in [2.45, 2.75) is 37.1 Å². The second-order valence-electron chi connectivity index (χ2n) is 9.79. The number of carbonyl (C=O) groups is 6. The number of rotatable bonds is 6. The van der Waals surface area contributed by atoms with Crippen LogP contribution < -0.4 is 20.1 Å². The minimum absolute atomic E-state index is 0.0221. The summed E-state index contributed by atoms with van der Waals surface area (Å²) >= 11 is 0. The molecular weight excluding hydrogens is 524 g/mol. The molecule has 5 rings (SSSR count). The van der Waals surface area contributed by atoms with Gasteiger partial charge in [0.15, 0.2) is 11.6 Å². The van der Waals surface area contributed by atoms with Crippen LogP contribution in [0.4, 0.5) is 0 Å². The number of para-hydroxylation sites is 2. The summed E-state index contributed by atoms with van der Waals surface area (Å²) in [7, 11) is 2.26. The topological polar surface area (TPSA) is 163 Å². The molecular formula is C28H26N2O10. The first kappa shape index (κ1) is 26.9. The van der Waals surface area contributed by atoms with Crippen molar-refractivity contribution in [1.82, 2.24) is 10.6 Å². The third kappa shape index (κ3) is 3.44. The normalized spacial score (nSPS) is 26.9. The summed E-state index contributed by atoms with van der Waals surface area (Å²) in [6.45, 7) is 2.69. The van der Waals surface area contributed by atoms with Crippen molar-refractivity contribution in [2.24, 2.45) is 11.8 Å². The van der Waals surface area contributed by atoms with Gasteiger partial charge in [0, 0.05) is 0 Å². The van der Waals surface area contributed by atoms with Crippen LogP contribution in [-0.2, 0) is 28.7 Å². The summed E-state index contributed by atoms with van der Waals surface area (Å²) in [5.74, 6) is -8.00. The number of esters is 2. The lowest BCUT2D eigenvalue weighted by atomic mass is 9.44. The van der Waals surface area contributed by atoms with Gasteiger partial charge in [-0.15, -0.1) is 0 Å². The van der Waals surface area contributed by atoms with Crippen LogP contribution in [-0.4, -0.2) is 72.8 Å². The molecule has 40 heavy (non-hydrogen) atoms. The SMILES string of the molecule is COC(=O)[C@H](C)NC(=O)[C@@]12Oc3ccccc3C(=O)[C@@H]1[C@H]1C(=O)c3ccccc3O[C@]12C(=O)N[C@@H](C)C(=O)OC. The smallest absolute Gasteiger partial charge is 0.328 e. The summed E-state index contributed by atoms with van der Waals surface area (Å²) in [5, 5.41) is 4.92. The molecule has 2 aromatic rings. The van der Waals surface area contributed by atoms with Crippen molar-refractivity contribution >= 4 is 35.3 Å². The molecule has 0 aromatic heterocycles. The van der Waals surface area contributed by atoms with Gasteiger partial charge in [-0.2, -0.15) is 0 Å². The van der Waals surface area contributed by atoms with Gasteiger partial charge in [-0.25, -0.2) is 9.59 Å². The number of ketones is 2. The largest absolute Gasteiger partial charge is 0.471 e. The van der Waals surface area contributed by atoms with Crippen molar-refractivity contribution in [3.8, 4) is 11.5 Å². The minimum Gasteiger partial charge on any atom is -0.471 e. The van der Waals surface area contributed by atoms with Crippen LogP contribution in [0, 0.1) is 11.8 Å². The minimum atomic E-state index is -2.45. The van der Waals surface area contributed by atoms with Gasteiger partial charge in [0.1, 0.15) is 23.6 Å². The number of nitrogens with one attached hydrogen (secondary N) is 2. The van der Waals surface area contributed by atoms with Crippen LogP contribution in [0.1, 0.15) is 34.6 Å². The van der Waals surface area contributed by atoms with Crippen molar-refractivity contribution in [2.75, 3.05) is 14.2 Å². The monoisotopic (exact) mass is 550 g/mol. The summed E-state index contributed by atoms with van der Waals surface area (Å²) in [5.41, 5.74) is -4.68. The molecule has 1 saturated carbocycles. The molecule has 2 N–H and O–H groups in total. The Morgan fingerprint density at radius 1 is 0.700 bits per heavy atom. The van der Waals surface area contributed by atoms with Crippen molar-refractivity contribution in [1.29, 1.82) is 0 Å². The fraction of sp³-hybridized carbons (Fsp3) is 0.357. The predicted octanol–water partition coefficient (Wildman–Crippen LogP) is 0.616. The van der Waals surface area contributed by atoms with Crippen molar-refractivity contribution in [3.63, 3.8) is 0 Å². The molecule has 12 nitrogen and oxygen atoms in total. The zero-order valence-electron chi connectivity index (χ0n) is 22.0. The van der Waals surface area contributed by atoms with Crippen molar-refractivity contribution < 1.29 is 47.7 Å². The lowest BCUT2D eigenvalue weighted by Gasteiger charge is -2.65. The summed E-state index contributed by atoms with van der Waals surface area (Å²) in [6, 6.07) is 9.74. The number of hydrogen-bond acceptors (Lipinski definition) is 10. The summed E-state index contributed by atoms with van der Waals surface area (Å²) in [4.78, 5) is 80.6. The molecule has 0 saturated heterocycles. The molecule has 2 aromatic carbocycles. The Morgan fingerprint density at radius 3 is 1.40 bits per heavy atom. The average Bonchev–Trinajstić information content (AvgIpc) is 2.95. The van der Waals surface area contributed by atoms with Crippen LogP contribution in [0.3, 0.4) is 0 Å². The first-order chi connectivity index (χ1) is 19.0. The molecule has 2 heterocycles. The van der Waals surface area contributed by atoms with E-state index in [4.69, 9.17) is 18.9 Å². The molecule has 1 fully saturated rings. The number of hydrogen-bond donors (Lipinski definition) is 2. The fourth-order valence-electron chi connectivity index (χ4n) is 5.78. The van der Waals surface area contributed by atoms with E-state index in [1.54, 1.807) is 24.3 Å². The molecule has 0 unspecified atom stereocenters. The van der Waals surface area contributed by atoms with E-state index < -0.39 is 70.4 Å². The molecule has 208 valence electrons. The molecule has 2 aliphatic heterocycles. The van der Waals surface area contributed by atoms with Crippen LogP contribution in [0.5, 0.6) is 11.5 Å². The lowest BCUT2D eigenvalue weighted by molar-refractivity contribution is -0.240. The second-order valence-corrected chi connectivity index (χ2v) is 9.79. The zero-order valence-corrected chi connectivity index (χ0v) is 22.0. The molecule has 0 bridgehead atoms. The van der Waals surface area contributed by atoms with Gasteiger partial charge in [-0.05, 0) is 38.1 Å². The number of carbonyl (C=O) groups excluding carboxylic acids is 6. The number of fused-ring (bicyclic) bond motifs is 6. The first-order valence-corrected chi connectivity index (χ1v) is 12.5. The highest BCUT2D eigenvalue weighted by atomic mass is 16.6. The second kappa shape index (κ2) is 9.47. The lowest BCUT2D eigenvalue weighted by Crippen LogP contribution is -2.92. The molecule has 0 spiro atoms. The van der Waals surface area contributed by atoms with Gasteiger partial charge in [0.05, 0.1) is 37.2 Å². The standard InChI is InChI=1S/C28H26N2O10/c1-13(23(33)37-3)29-25(35)27-19(21(31)15-9-5-7-11-17(15)39-27)20-22(32)16-10-6-8-12-18(16)40-28(20,27)26(36)30-14(2)24(34)38-4/h5-14,19-20H,1-4H3,(H,29,35)(H,30,36)/t13-,14-,19-,20-,27-,28-/m0/s1. The Hall–Kier alpha value is -4.74. The van der Waals surface area contributed by atoms with Gasteiger partial charge in [-0.1, -0.05) is 24.3 Å². The van der Waals surface area contributed by atoms with E-state index >= 15 is 0 Å². The Kier molecular flexibility index (Phi) is 6.36. The zero-order chi connectivity index (χ0) is 29.0. The van der Waals surface area contributed by atoms with Gasteiger partial charge in [0.25, 0.3) is 11.8 Å². The summed E-state index contributed by atoms with van der Waals surface area (Å²) < 4.78 is 21.9. The highest BCUT2D eigenvalue weighted by Crippen LogP contribution is 2.63. The Labute approximate surface area is 228 Å². The van der Waals surface area contributed by atoms with Crippen molar-refractivity contribution in [3.05, 3.63) is 59.7 Å². The third-order valence-electron chi connectivity index (χ3n) is 7.65. The molecule has 2 amide bonds. The highest BCUT2D eigenvalue weighted by Gasteiger charge is 2.89. The van der Waals surface area contributed by atoms with E-state index in [0.29, 0.717) is 0 Å². The Bertz CT molecular complexity index is 1360. The van der Waals surface area contributed by atoms with Gasteiger partial charge in [-0.3, -0.25) is 19.2 Å². The molecule has 1 aliphatic carbocycles. The number of ether oxygens (including phenoxy) is 4. The quantitative estimate of drug-likeness (QED) is 0.487. The highest BCUT2D eigenvalue weighted by molar-refractivity contribution is 6.21. The number of Topliss-reactive ketones (excluding diaryl/α,β-unsaturated/α-hetero) is 2. The third-order valence-corrected chi connectivity index (χ3v) is 7.65. The maximum absolute atomic E-state index is 14.2. The van der Waals surface area contributed by atoms with Gasteiger partial charge in [0.2, 0.25) is 11.2 Å². The van der Waals surface area contributed by atoms with E-state index in [0.717, 1.165) is 14.2 Å². The maximum Gasteiger partial charge on any atom is 0.328 e. The number of methoxy groups -OCH3 is 2. The van der Waals surface area contributed by atoms with Gasteiger partial charge >= 0.3 is 11.9 Å². The Balaban J connectivity index is 1.74. The van der Waals surface area contributed by atoms with Crippen LogP contribution >= 0.6 is 0 Å². The van der Waals surface area contributed by atoms with E-state index in [1.807, 2.05) is 0 Å². The van der Waals surface area contributed by atoms with E-state index in [-0.39, 0.29) is 22.6 Å². The number of benzene rings is 2. The number of amides is 2. The summed E-state index contributed by atoms with van der Waals surface area (Å²) in [6.07, 6.45) is 0. The van der Waals surface area contributed by atoms with Crippen LogP contribution in [0.25, 0.3) is 0 Å². The maximum atomic E-state index is 14.2. The van der Waals surface area contributed by atoms with Gasteiger partial charge < -0.3 is 29.6 Å². The molecule has 3 aliphatic rings. The molecule has 12 heteroatoms. The Morgan fingerprint density at radius 2 is 1.05 bits per heavy atom. The van der Waals surface area contributed by atoms with Crippen LogP contribution in [0.2, 0.25) is 0 Å². The van der Waals surface area contributed by atoms with Crippen LogP contribution in [0.15, 0.2) is 48.5 Å². The molecule has 0 radical (unpaired) electrons. The van der Waals surface area contributed by atoms with E-state index in [2.05, 4.69) is 10.6 Å². The van der Waals surface area contributed by atoms with E-state index in [1.165, 1.54) is 38.1 Å². The van der Waals surface area contributed by atoms with E-state index in [9.17, 15) is 28.8 Å². The average molecular weight is 551 g/mol. The predicted molar refractivity (Wildman–Crippen MR) is 134 cm³/mol. The first-order valence-electron chi connectivity index (χ1n) is 12.5.